The maximum absolute atomic E-state index is 5.37. The number of rotatable bonds is 6. The van der Waals surface area contributed by atoms with E-state index in [0.29, 0.717) is 6.10 Å². The number of nitrogens with one attached hydrogen (secondary N) is 1. The topological polar surface area (TPSA) is 24.5 Å². The Kier molecular flexibility index (Phi) is 5.45. The molecule has 17 heavy (non-hydrogen) atoms. The van der Waals surface area contributed by atoms with E-state index in [0.717, 1.165) is 19.6 Å². The summed E-state index contributed by atoms with van der Waals surface area (Å²) in [5.74, 6) is 0. The normalized spacial score (nSPS) is 18.6. The molecule has 1 aromatic rings. The molecule has 0 bridgehead atoms. The number of piperidine rings is 1. The van der Waals surface area contributed by atoms with Gasteiger partial charge in [0.05, 0.1) is 6.10 Å². The van der Waals surface area contributed by atoms with E-state index in [1.54, 1.807) is 0 Å². The van der Waals surface area contributed by atoms with Crippen molar-refractivity contribution in [2.24, 2.45) is 0 Å². The molecule has 0 spiro atoms. The minimum atomic E-state index is 0.491. The molecule has 1 N–H and O–H groups in total. The van der Waals surface area contributed by atoms with Crippen LogP contribution >= 0.6 is 11.3 Å². The van der Waals surface area contributed by atoms with Gasteiger partial charge in [-0.05, 0) is 24.3 Å². The number of likely N-dealkylation sites (tertiary alicyclic amines) is 1. The molecule has 0 aromatic carbocycles. The Bertz CT molecular complexity index is 294. The van der Waals surface area contributed by atoms with Crippen LogP contribution in [-0.2, 0) is 11.3 Å². The maximum atomic E-state index is 5.37. The average Bonchev–Trinajstić information content (AvgIpc) is 2.88. The smallest absolute Gasteiger partial charge is 0.0595 e. The SMILES string of the molecule is COC1CCN(CCNCc2cccs2)CC1. The second kappa shape index (κ2) is 7.11. The van der Waals surface area contributed by atoms with Crippen LogP contribution in [0.4, 0.5) is 0 Å². The lowest BCUT2D eigenvalue weighted by molar-refractivity contribution is 0.0415. The van der Waals surface area contributed by atoms with Crippen LogP contribution in [0.3, 0.4) is 0 Å². The summed E-state index contributed by atoms with van der Waals surface area (Å²) in [6.45, 7) is 5.60. The zero-order valence-corrected chi connectivity index (χ0v) is 11.3. The van der Waals surface area contributed by atoms with Gasteiger partial charge < -0.3 is 15.0 Å². The lowest BCUT2D eigenvalue weighted by Crippen LogP contribution is -2.40. The molecule has 1 aromatic heterocycles. The number of nitrogens with zero attached hydrogens (tertiary/aromatic N) is 1. The summed E-state index contributed by atoms with van der Waals surface area (Å²) < 4.78 is 5.37. The van der Waals surface area contributed by atoms with Crippen molar-refractivity contribution in [2.45, 2.75) is 25.5 Å². The molecule has 1 aliphatic heterocycles. The molecule has 0 radical (unpaired) electrons. The van der Waals surface area contributed by atoms with Crippen LogP contribution in [0.5, 0.6) is 0 Å². The molecule has 0 atom stereocenters. The quantitative estimate of drug-likeness (QED) is 0.785. The van der Waals surface area contributed by atoms with Crippen molar-refractivity contribution < 1.29 is 4.74 Å². The molecule has 0 amide bonds. The van der Waals surface area contributed by atoms with Crippen LogP contribution in [0.2, 0.25) is 0 Å². The Morgan fingerprint density at radius 2 is 2.29 bits per heavy atom. The molecule has 2 heterocycles. The van der Waals surface area contributed by atoms with Crippen LogP contribution in [0.1, 0.15) is 17.7 Å². The van der Waals surface area contributed by atoms with Gasteiger partial charge in [-0.2, -0.15) is 0 Å². The highest BCUT2D eigenvalue weighted by Gasteiger charge is 2.17. The fraction of sp³-hybridized carbons (Fsp3) is 0.692. The summed E-state index contributed by atoms with van der Waals surface area (Å²) in [6.07, 6.45) is 2.85. The van der Waals surface area contributed by atoms with E-state index in [1.807, 2.05) is 18.4 Å². The lowest BCUT2D eigenvalue weighted by Gasteiger charge is -2.31. The van der Waals surface area contributed by atoms with E-state index in [1.165, 1.54) is 30.8 Å². The van der Waals surface area contributed by atoms with Gasteiger partial charge in [0.1, 0.15) is 0 Å². The fourth-order valence-corrected chi connectivity index (χ4v) is 2.90. The first-order valence-electron chi connectivity index (χ1n) is 6.36. The molecule has 0 unspecified atom stereocenters. The van der Waals surface area contributed by atoms with Crippen molar-refractivity contribution in [1.82, 2.24) is 10.2 Å². The van der Waals surface area contributed by atoms with Gasteiger partial charge in [0.25, 0.3) is 0 Å². The number of ether oxygens (including phenoxy) is 1. The van der Waals surface area contributed by atoms with Gasteiger partial charge >= 0.3 is 0 Å². The standard InChI is InChI=1S/C13H22N2OS/c1-16-12-4-7-15(8-5-12)9-6-14-11-13-3-2-10-17-13/h2-3,10,12,14H,4-9,11H2,1H3. The molecule has 3 nitrogen and oxygen atoms in total. The number of methoxy groups -OCH3 is 1. The van der Waals surface area contributed by atoms with Crippen molar-refractivity contribution >= 4 is 11.3 Å². The molecule has 96 valence electrons. The molecular formula is C13H22N2OS. The Morgan fingerprint density at radius 3 is 2.94 bits per heavy atom. The summed E-state index contributed by atoms with van der Waals surface area (Å²) in [4.78, 5) is 3.94. The molecule has 1 aliphatic rings. The van der Waals surface area contributed by atoms with Crippen molar-refractivity contribution in [3.05, 3.63) is 22.4 Å². The molecule has 0 saturated carbocycles. The Balaban J connectivity index is 1.54. The van der Waals surface area contributed by atoms with Crippen LogP contribution in [-0.4, -0.2) is 44.3 Å². The van der Waals surface area contributed by atoms with E-state index < -0.39 is 0 Å². The first-order valence-corrected chi connectivity index (χ1v) is 7.24. The van der Waals surface area contributed by atoms with Gasteiger partial charge in [0.2, 0.25) is 0 Å². The zero-order chi connectivity index (χ0) is 11.9. The third kappa shape index (κ3) is 4.39. The highest BCUT2D eigenvalue weighted by Crippen LogP contribution is 2.12. The second-order valence-electron chi connectivity index (χ2n) is 4.53. The predicted molar refractivity (Wildman–Crippen MR) is 72.5 cm³/mol. The van der Waals surface area contributed by atoms with Gasteiger partial charge in [0, 0.05) is 44.7 Å². The number of hydrogen-bond acceptors (Lipinski definition) is 4. The van der Waals surface area contributed by atoms with Gasteiger partial charge in [-0.15, -0.1) is 11.3 Å². The molecule has 4 heteroatoms. The average molecular weight is 254 g/mol. The Hall–Kier alpha value is -0.420. The van der Waals surface area contributed by atoms with Gasteiger partial charge in [-0.3, -0.25) is 0 Å². The third-order valence-electron chi connectivity index (χ3n) is 3.35. The van der Waals surface area contributed by atoms with Crippen molar-refractivity contribution in [3.8, 4) is 0 Å². The first kappa shape index (κ1) is 13.0. The second-order valence-corrected chi connectivity index (χ2v) is 5.57. The molecule has 0 aliphatic carbocycles. The number of hydrogen-bond donors (Lipinski definition) is 1. The van der Waals surface area contributed by atoms with Crippen molar-refractivity contribution in [3.63, 3.8) is 0 Å². The monoisotopic (exact) mass is 254 g/mol. The van der Waals surface area contributed by atoms with Crippen molar-refractivity contribution in [1.29, 1.82) is 0 Å². The minimum Gasteiger partial charge on any atom is -0.381 e. The highest BCUT2D eigenvalue weighted by molar-refractivity contribution is 7.09. The zero-order valence-electron chi connectivity index (χ0n) is 10.5. The summed E-state index contributed by atoms with van der Waals surface area (Å²) in [5, 5.41) is 5.63. The van der Waals surface area contributed by atoms with E-state index >= 15 is 0 Å². The van der Waals surface area contributed by atoms with Crippen LogP contribution in [0.25, 0.3) is 0 Å². The lowest BCUT2D eigenvalue weighted by atomic mass is 10.1. The summed E-state index contributed by atoms with van der Waals surface area (Å²) >= 11 is 1.82. The summed E-state index contributed by atoms with van der Waals surface area (Å²) in [7, 11) is 1.82. The highest BCUT2D eigenvalue weighted by atomic mass is 32.1. The Morgan fingerprint density at radius 1 is 1.47 bits per heavy atom. The van der Waals surface area contributed by atoms with E-state index in [4.69, 9.17) is 4.74 Å². The van der Waals surface area contributed by atoms with Gasteiger partial charge in [-0.1, -0.05) is 6.07 Å². The fourth-order valence-electron chi connectivity index (χ4n) is 2.23. The molecule has 1 fully saturated rings. The minimum absolute atomic E-state index is 0.491. The van der Waals surface area contributed by atoms with Crippen LogP contribution in [0, 0.1) is 0 Å². The maximum Gasteiger partial charge on any atom is 0.0595 e. The van der Waals surface area contributed by atoms with Gasteiger partial charge in [0.15, 0.2) is 0 Å². The summed E-state index contributed by atoms with van der Waals surface area (Å²) in [5.41, 5.74) is 0. The first-order chi connectivity index (χ1) is 8.38. The van der Waals surface area contributed by atoms with Gasteiger partial charge in [-0.25, -0.2) is 0 Å². The summed E-state index contributed by atoms with van der Waals surface area (Å²) in [6, 6.07) is 4.29. The van der Waals surface area contributed by atoms with Crippen molar-refractivity contribution in [2.75, 3.05) is 33.3 Å². The molecular weight excluding hydrogens is 232 g/mol. The van der Waals surface area contributed by atoms with Crippen LogP contribution < -0.4 is 5.32 Å². The van der Waals surface area contributed by atoms with E-state index in [-0.39, 0.29) is 0 Å². The Labute approximate surface area is 108 Å². The number of thiophene rings is 1. The van der Waals surface area contributed by atoms with E-state index in [2.05, 4.69) is 27.7 Å². The largest absolute Gasteiger partial charge is 0.381 e. The molecule has 2 rings (SSSR count). The predicted octanol–water partition coefficient (Wildman–Crippen LogP) is 1.95. The third-order valence-corrected chi connectivity index (χ3v) is 4.23. The van der Waals surface area contributed by atoms with E-state index in [9.17, 15) is 0 Å². The molecule has 1 saturated heterocycles. The van der Waals surface area contributed by atoms with Crippen LogP contribution in [0.15, 0.2) is 17.5 Å².